The van der Waals surface area contributed by atoms with Gasteiger partial charge < -0.3 is 24.6 Å². The summed E-state index contributed by atoms with van der Waals surface area (Å²) in [4.78, 5) is 35.5. The zero-order valence-electron chi connectivity index (χ0n) is 24.0. The standard InChI is InChI=1S/C30H35F3N4O6/c1-19-5-9-34-26(13-19)37(18-30(31,32)33)29(41)23-4-3-22(42-2)15-24(23)36-11-7-20(8-12-36)17-43-27-14-21(6-10-35-27)25(38)16-28(39)40/h3-6,9-10,13-14,20,22,25,38H,7-8,11-12,15-18H2,1-2H3,(H,39,40). The average molecular weight is 605 g/mol. The van der Waals surface area contributed by atoms with Gasteiger partial charge in [0.05, 0.1) is 30.8 Å². The molecule has 4 rings (SSSR count). The second-order valence-corrected chi connectivity index (χ2v) is 10.7. The molecule has 0 radical (unpaired) electrons. The summed E-state index contributed by atoms with van der Waals surface area (Å²) < 4.78 is 52.1. The van der Waals surface area contributed by atoms with Gasteiger partial charge in [0.15, 0.2) is 0 Å². The molecule has 3 heterocycles. The predicted molar refractivity (Wildman–Crippen MR) is 150 cm³/mol. The summed E-state index contributed by atoms with van der Waals surface area (Å²) in [5.41, 5.74) is 1.88. The van der Waals surface area contributed by atoms with Crippen LogP contribution in [0, 0.1) is 12.8 Å². The highest BCUT2D eigenvalue weighted by Crippen LogP contribution is 2.32. The molecule has 10 nitrogen and oxygen atoms in total. The van der Waals surface area contributed by atoms with E-state index in [1.165, 1.54) is 30.6 Å². The number of likely N-dealkylation sites (tertiary alicyclic amines) is 1. The predicted octanol–water partition coefficient (Wildman–Crippen LogP) is 4.21. The zero-order valence-corrected chi connectivity index (χ0v) is 24.0. The second kappa shape index (κ2) is 14.0. The van der Waals surface area contributed by atoms with Crippen molar-refractivity contribution >= 4 is 17.7 Å². The lowest BCUT2D eigenvalue weighted by Gasteiger charge is -2.38. The number of amides is 1. The van der Waals surface area contributed by atoms with Crippen molar-refractivity contribution in [3.63, 3.8) is 0 Å². The minimum atomic E-state index is -4.63. The van der Waals surface area contributed by atoms with Crippen LogP contribution in [0.4, 0.5) is 19.0 Å². The lowest BCUT2D eigenvalue weighted by atomic mass is 9.93. The molecule has 2 aromatic rings. The Morgan fingerprint density at radius 3 is 2.53 bits per heavy atom. The summed E-state index contributed by atoms with van der Waals surface area (Å²) in [5.74, 6) is -1.56. The number of anilines is 1. The monoisotopic (exact) mass is 604 g/mol. The number of aliphatic carboxylic acids is 1. The lowest BCUT2D eigenvalue weighted by molar-refractivity contribution is -0.139. The summed E-state index contributed by atoms with van der Waals surface area (Å²) in [6, 6.07) is 6.15. The fourth-order valence-electron chi connectivity index (χ4n) is 5.14. The van der Waals surface area contributed by atoms with Crippen molar-refractivity contribution in [3.05, 3.63) is 71.2 Å². The van der Waals surface area contributed by atoms with Gasteiger partial charge in [-0.3, -0.25) is 14.5 Å². The maximum atomic E-state index is 13.7. The summed E-state index contributed by atoms with van der Waals surface area (Å²) in [5, 5.41) is 19.0. The maximum Gasteiger partial charge on any atom is 0.406 e. The first-order valence-electron chi connectivity index (χ1n) is 13.9. The Balaban J connectivity index is 1.47. The highest BCUT2D eigenvalue weighted by molar-refractivity contribution is 6.07. The van der Waals surface area contributed by atoms with Crippen LogP contribution in [0.25, 0.3) is 0 Å². The fourth-order valence-corrected chi connectivity index (χ4v) is 5.14. The van der Waals surface area contributed by atoms with Crippen molar-refractivity contribution in [2.45, 2.75) is 51.0 Å². The fraction of sp³-hybridized carbons (Fsp3) is 0.467. The number of hydrogen-bond acceptors (Lipinski definition) is 8. The molecular weight excluding hydrogens is 569 g/mol. The van der Waals surface area contributed by atoms with Gasteiger partial charge >= 0.3 is 12.1 Å². The van der Waals surface area contributed by atoms with Crippen molar-refractivity contribution < 1.29 is 42.4 Å². The Kier molecular flexibility index (Phi) is 10.4. The molecule has 0 bridgehead atoms. The molecule has 0 saturated carbocycles. The number of nitrogens with zero attached hydrogens (tertiary/aromatic N) is 4. The number of halogens is 3. The number of piperidine rings is 1. The van der Waals surface area contributed by atoms with E-state index in [-0.39, 0.29) is 29.3 Å². The summed E-state index contributed by atoms with van der Waals surface area (Å²) in [6.07, 6.45) is 1.21. The molecule has 1 amide bonds. The lowest BCUT2D eigenvalue weighted by Crippen LogP contribution is -2.43. The van der Waals surface area contributed by atoms with E-state index in [0.29, 0.717) is 60.7 Å². The van der Waals surface area contributed by atoms with Crippen LogP contribution in [0.1, 0.15) is 42.9 Å². The summed E-state index contributed by atoms with van der Waals surface area (Å²) in [6.45, 7) is 1.69. The topological polar surface area (TPSA) is 125 Å². The van der Waals surface area contributed by atoms with E-state index in [1.54, 1.807) is 32.3 Å². The van der Waals surface area contributed by atoms with Crippen molar-refractivity contribution in [1.29, 1.82) is 0 Å². The highest BCUT2D eigenvalue weighted by atomic mass is 19.4. The van der Waals surface area contributed by atoms with Gasteiger partial charge in [0, 0.05) is 50.8 Å². The molecule has 1 aliphatic heterocycles. The number of carbonyl (C=O) groups excluding carboxylic acids is 1. The van der Waals surface area contributed by atoms with E-state index in [4.69, 9.17) is 14.6 Å². The molecule has 13 heteroatoms. The largest absolute Gasteiger partial charge is 0.481 e. The number of aliphatic hydroxyl groups is 1. The quantitative estimate of drug-likeness (QED) is 0.388. The van der Waals surface area contributed by atoms with Crippen molar-refractivity contribution in [3.8, 4) is 5.88 Å². The number of carboxylic acids is 1. The van der Waals surface area contributed by atoms with Crippen LogP contribution in [0.2, 0.25) is 0 Å². The van der Waals surface area contributed by atoms with Crippen LogP contribution >= 0.6 is 0 Å². The molecular formula is C30H35F3N4O6. The highest BCUT2D eigenvalue weighted by Gasteiger charge is 2.37. The van der Waals surface area contributed by atoms with Gasteiger partial charge in [-0.15, -0.1) is 0 Å². The third-order valence-corrected chi connectivity index (χ3v) is 7.45. The molecule has 232 valence electrons. The van der Waals surface area contributed by atoms with Gasteiger partial charge in [-0.2, -0.15) is 13.2 Å². The molecule has 1 aliphatic carbocycles. The first-order chi connectivity index (χ1) is 20.4. The number of carboxylic acid groups (broad SMARTS) is 1. The third kappa shape index (κ3) is 8.77. The van der Waals surface area contributed by atoms with Crippen LogP contribution in [-0.2, 0) is 14.3 Å². The Labute approximate surface area is 247 Å². The Bertz CT molecular complexity index is 1360. The summed E-state index contributed by atoms with van der Waals surface area (Å²) >= 11 is 0. The van der Waals surface area contributed by atoms with Crippen LogP contribution in [0.15, 0.2) is 60.1 Å². The van der Waals surface area contributed by atoms with Crippen molar-refractivity contribution in [2.75, 3.05) is 38.3 Å². The number of aliphatic hydroxyl groups excluding tert-OH is 1. The molecule has 2 aromatic heterocycles. The van der Waals surface area contributed by atoms with Crippen molar-refractivity contribution in [2.24, 2.45) is 5.92 Å². The zero-order chi connectivity index (χ0) is 31.1. The number of methoxy groups -OCH3 is 1. The number of carbonyl (C=O) groups is 2. The molecule has 2 N–H and O–H groups in total. The minimum absolute atomic E-state index is 0.0690. The first kappa shape index (κ1) is 32.0. The van der Waals surface area contributed by atoms with E-state index >= 15 is 0 Å². The van der Waals surface area contributed by atoms with Gasteiger partial charge in [0.25, 0.3) is 5.91 Å². The number of rotatable bonds is 11. The van der Waals surface area contributed by atoms with E-state index in [2.05, 4.69) is 9.97 Å². The normalized spacial score (nSPS) is 18.5. The van der Waals surface area contributed by atoms with Crippen molar-refractivity contribution in [1.82, 2.24) is 14.9 Å². The van der Waals surface area contributed by atoms with Crippen LogP contribution in [0.5, 0.6) is 5.88 Å². The van der Waals surface area contributed by atoms with Crippen LogP contribution in [0.3, 0.4) is 0 Å². The molecule has 43 heavy (non-hydrogen) atoms. The SMILES string of the molecule is COC1C=CC(C(=O)N(CC(F)(F)F)c2cc(C)ccn2)=C(N2CCC(COc3cc(C(O)CC(=O)O)ccn3)CC2)C1. The number of aromatic nitrogens is 2. The molecule has 2 atom stereocenters. The number of hydrogen-bond donors (Lipinski definition) is 2. The van der Waals surface area contributed by atoms with Crippen LogP contribution in [-0.4, -0.2) is 82.6 Å². The van der Waals surface area contributed by atoms with E-state index in [9.17, 15) is 27.9 Å². The molecule has 2 aliphatic rings. The van der Waals surface area contributed by atoms with E-state index in [0.717, 1.165) is 0 Å². The van der Waals surface area contributed by atoms with Gasteiger partial charge in [-0.05, 0) is 61.1 Å². The van der Waals surface area contributed by atoms with Crippen LogP contribution < -0.4 is 9.64 Å². The number of pyridine rings is 2. The van der Waals surface area contributed by atoms with E-state index < -0.39 is 37.1 Å². The summed E-state index contributed by atoms with van der Waals surface area (Å²) in [7, 11) is 1.54. The average Bonchev–Trinajstić information content (AvgIpc) is 2.98. The molecule has 0 spiro atoms. The number of ether oxygens (including phenoxy) is 2. The van der Waals surface area contributed by atoms with Gasteiger partial charge in [0.1, 0.15) is 12.4 Å². The first-order valence-corrected chi connectivity index (χ1v) is 13.9. The molecule has 1 saturated heterocycles. The molecule has 2 unspecified atom stereocenters. The van der Waals surface area contributed by atoms with Gasteiger partial charge in [-0.25, -0.2) is 9.97 Å². The van der Waals surface area contributed by atoms with E-state index in [1.807, 2.05) is 4.90 Å². The number of alkyl halides is 3. The Morgan fingerprint density at radius 1 is 1.16 bits per heavy atom. The smallest absolute Gasteiger partial charge is 0.406 e. The molecule has 1 fully saturated rings. The third-order valence-electron chi connectivity index (χ3n) is 7.45. The number of aryl methyl sites for hydroxylation is 1. The second-order valence-electron chi connectivity index (χ2n) is 10.7. The molecule has 0 aromatic carbocycles. The van der Waals surface area contributed by atoms with Gasteiger partial charge in [-0.1, -0.05) is 6.08 Å². The maximum absolute atomic E-state index is 13.7. The minimum Gasteiger partial charge on any atom is -0.481 e. The van der Waals surface area contributed by atoms with Gasteiger partial charge in [0.2, 0.25) is 5.88 Å². The Morgan fingerprint density at radius 2 is 1.88 bits per heavy atom. The Hall–Kier alpha value is -3.97.